The molecule has 0 atom stereocenters. The number of aliphatic imine (C=N–C) groups is 1. The van der Waals surface area contributed by atoms with Crippen LogP contribution in [0.2, 0.25) is 0 Å². The van der Waals surface area contributed by atoms with Gasteiger partial charge in [0.05, 0.1) is 29.0 Å². The fourth-order valence-electron chi connectivity index (χ4n) is 3.87. The second-order valence-corrected chi connectivity index (χ2v) is 7.59. The molecule has 2 bridgehead atoms. The lowest BCUT2D eigenvalue weighted by Gasteiger charge is -2.18. The van der Waals surface area contributed by atoms with Crippen molar-refractivity contribution in [1.29, 1.82) is 0 Å². The van der Waals surface area contributed by atoms with Crippen molar-refractivity contribution in [3.63, 3.8) is 0 Å². The Morgan fingerprint density at radius 1 is 1.23 bits per heavy atom. The minimum Gasteiger partial charge on any atom is -0.477 e. The second kappa shape index (κ2) is 8.14. The van der Waals surface area contributed by atoms with E-state index in [1.54, 1.807) is 44.3 Å². The summed E-state index contributed by atoms with van der Waals surface area (Å²) >= 11 is 0. The van der Waals surface area contributed by atoms with Crippen molar-refractivity contribution in [2.45, 2.75) is 13.3 Å². The van der Waals surface area contributed by atoms with Gasteiger partial charge in [0.2, 0.25) is 5.90 Å². The molecule has 4 rings (SSSR count). The third kappa shape index (κ3) is 3.72. The molecule has 0 fully saturated rings. The second-order valence-electron chi connectivity index (χ2n) is 7.59. The zero-order valence-corrected chi connectivity index (χ0v) is 17.8. The van der Waals surface area contributed by atoms with Gasteiger partial charge >= 0.3 is 0 Å². The van der Waals surface area contributed by atoms with Gasteiger partial charge in [-0.05, 0) is 43.2 Å². The molecule has 0 aliphatic carbocycles. The molecule has 2 aromatic rings. The van der Waals surface area contributed by atoms with Crippen molar-refractivity contribution in [2.75, 3.05) is 32.6 Å². The molecule has 0 unspecified atom stereocenters. The molecule has 2 amide bonds. The molecule has 2 aliphatic rings. The lowest BCUT2D eigenvalue weighted by Crippen LogP contribution is -2.29. The van der Waals surface area contributed by atoms with Crippen molar-refractivity contribution in [3.8, 4) is 0 Å². The van der Waals surface area contributed by atoms with Crippen molar-refractivity contribution in [3.05, 3.63) is 58.5 Å². The molecule has 0 spiro atoms. The van der Waals surface area contributed by atoms with E-state index >= 15 is 0 Å². The number of hydrogen-bond acceptors (Lipinski definition) is 5. The number of anilines is 1. The largest absolute Gasteiger partial charge is 0.477 e. The minimum atomic E-state index is -0.228. The number of ether oxygens (including phenoxy) is 1. The Morgan fingerprint density at radius 3 is 2.77 bits per heavy atom. The van der Waals surface area contributed by atoms with Crippen LogP contribution in [0.5, 0.6) is 0 Å². The quantitative estimate of drug-likeness (QED) is 0.609. The zero-order chi connectivity index (χ0) is 22.1. The number of nitrogens with zero attached hydrogens (tertiary/aromatic N) is 2. The van der Waals surface area contributed by atoms with E-state index in [0.29, 0.717) is 59.3 Å². The van der Waals surface area contributed by atoms with Gasteiger partial charge in [-0.2, -0.15) is 0 Å². The standard InChI is InChI=1S/C23H25N5O3/c1-13(24)20-14-5-6-18-16(11-14)17(21(29)27-18)12-19-15(7-8-26-19)23(30)28(3)9-4-10-31-22(20)25-2/h5-8,11-12,26H,4,9-10,24H2,1-3H3,(H,27,29)/b17-12-,20-13-,25-22?. The molecule has 3 heterocycles. The number of allylic oxidation sites excluding steroid dienone is 1. The third-order valence-electron chi connectivity index (χ3n) is 5.42. The highest BCUT2D eigenvalue weighted by Crippen LogP contribution is 2.36. The number of benzene rings is 1. The fraction of sp³-hybridized carbons (Fsp3) is 0.261. The Hall–Kier alpha value is -3.81. The number of rotatable bonds is 0. The van der Waals surface area contributed by atoms with E-state index in [9.17, 15) is 9.59 Å². The third-order valence-corrected chi connectivity index (χ3v) is 5.42. The van der Waals surface area contributed by atoms with Gasteiger partial charge in [0, 0.05) is 43.8 Å². The Morgan fingerprint density at radius 2 is 2.03 bits per heavy atom. The summed E-state index contributed by atoms with van der Waals surface area (Å²) in [6.07, 6.45) is 4.05. The Bertz CT molecular complexity index is 1150. The van der Waals surface area contributed by atoms with Crippen molar-refractivity contribution in [1.82, 2.24) is 9.88 Å². The fourth-order valence-corrected chi connectivity index (χ4v) is 3.87. The summed E-state index contributed by atoms with van der Waals surface area (Å²) in [6, 6.07) is 7.35. The Labute approximate surface area is 180 Å². The summed E-state index contributed by atoms with van der Waals surface area (Å²) in [6.45, 7) is 2.69. The number of aromatic nitrogens is 1. The van der Waals surface area contributed by atoms with Crippen molar-refractivity contribution in [2.24, 2.45) is 10.7 Å². The number of carbonyl (C=O) groups excluding carboxylic acids is 2. The molecule has 8 nitrogen and oxygen atoms in total. The smallest absolute Gasteiger partial charge is 0.256 e. The van der Waals surface area contributed by atoms with E-state index < -0.39 is 0 Å². The van der Waals surface area contributed by atoms with E-state index in [4.69, 9.17) is 10.5 Å². The van der Waals surface area contributed by atoms with Crippen LogP contribution >= 0.6 is 0 Å². The highest BCUT2D eigenvalue weighted by molar-refractivity contribution is 6.35. The van der Waals surface area contributed by atoms with E-state index in [1.165, 1.54) is 0 Å². The van der Waals surface area contributed by atoms with Gasteiger partial charge in [-0.15, -0.1) is 0 Å². The lowest BCUT2D eigenvalue weighted by molar-refractivity contribution is -0.110. The monoisotopic (exact) mass is 419 g/mol. The van der Waals surface area contributed by atoms with Gasteiger partial charge in [0.25, 0.3) is 11.8 Å². The van der Waals surface area contributed by atoms with Gasteiger partial charge in [0.15, 0.2) is 0 Å². The number of carbonyl (C=O) groups is 2. The average molecular weight is 419 g/mol. The number of nitrogens with one attached hydrogen (secondary N) is 2. The van der Waals surface area contributed by atoms with Crippen LogP contribution in [0.3, 0.4) is 0 Å². The lowest BCUT2D eigenvalue weighted by atomic mass is 9.97. The first-order chi connectivity index (χ1) is 14.9. The highest BCUT2D eigenvalue weighted by Gasteiger charge is 2.27. The van der Waals surface area contributed by atoms with Crippen molar-refractivity contribution < 1.29 is 14.3 Å². The molecule has 160 valence electrons. The van der Waals surface area contributed by atoms with E-state index in [-0.39, 0.29) is 11.8 Å². The number of H-pyrrole nitrogens is 1. The number of hydrogen-bond donors (Lipinski definition) is 3. The predicted octanol–water partition coefficient (Wildman–Crippen LogP) is 2.72. The van der Waals surface area contributed by atoms with Gasteiger partial charge < -0.3 is 25.7 Å². The molecule has 31 heavy (non-hydrogen) atoms. The summed E-state index contributed by atoms with van der Waals surface area (Å²) in [5.74, 6) is 0.0726. The molecule has 1 aromatic heterocycles. The predicted molar refractivity (Wildman–Crippen MR) is 121 cm³/mol. The van der Waals surface area contributed by atoms with Crippen LogP contribution in [-0.4, -0.2) is 54.8 Å². The first-order valence-corrected chi connectivity index (χ1v) is 10.1. The molecule has 0 saturated carbocycles. The average Bonchev–Trinajstić information content (AvgIpc) is 3.33. The normalized spacial score (nSPS) is 21.5. The Balaban J connectivity index is 1.92. The van der Waals surface area contributed by atoms with Gasteiger partial charge in [-0.25, -0.2) is 0 Å². The Kier molecular flexibility index (Phi) is 5.37. The van der Waals surface area contributed by atoms with Crippen molar-refractivity contribution >= 4 is 40.6 Å². The SMILES string of the molecule is CN=C1OCCCN(C)C(=O)c2cc[nH]c2/C=C2\C(=O)Nc3ccc(cc32)/C1=C(\C)N. The topological polar surface area (TPSA) is 113 Å². The summed E-state index contributed by atoms with van der Waals surface area (Å²) < 4.78 is 5.94. The molecular weight excluding hydrogens is 394 g/mol. The molecular formula is C23H25N5O3. The maximum absolute atomic E-state index is 13.0. The summed E-state index contributed by atoms with van der Waals surface area (Å²) in [7, 11) is 3.40. The first-order valence-electron chi connectivity index (χ1n) is 10.1. The van der Waals surface area contributed by atoms with Gasteiger partial charge in [-0.1, -0.05) is 6.07 Å². The molecule has 2 aliphatic heterocycles. The van der Waals surface area contributed by atoms with Crippen LogP contribution in [0.25, 0.3) is 17.2 Å². The van der Waals surface area contributed by atoms with Crippen LogP contribution in [0.4, 0.5) is 5.69 Å². The van der Waals surface area contributed by atoms with E-state index in [0.717, 1.165) is 11.1 Å². The summed E-state index contributed by atoms with van der Waals surface area (Å²) in [5.41, 5.74) is 11.3. The molecule has 1 aromatic carbocycles. The van der Waals surface area contributed by atoms with E-state index in [2.05, 4.69) is 15.3 Å². The van der Waals surface area contributed by atoms with Crippen LogP contribution in [0.15, 0.2) is 41.2 Å². The maximum atomic E-state index is 13.0. The first kappa shape index (κ1) is 20.5. The molecule has 8 heteroatoms. The molecule has 4 N–H and O–H groups in total. The van der Waals surface area contributed by atoms with E-state index in [1.807, 2.05) is 18.2 Å². The molecule has 0 saturated heterocycles. The zero-order valence-electron chi connectivity index (χ0n) is 17.8. The summed E-state index contributed by atoms with van der Waals surface area (Å²) in [5, 5.41) is 2.88. The number of nitrogens with two attached hydrogens (primary N) is 1. The van der Waals surface area contributed by atoms with Crippen LogP contribution in [-0.2, 0) is 9.53 Å². The summed E-state index contributed by atoms with van der Waals surface area (Å²) in [4.78, 5) is 34.7. The maximum Gasteiger partial charge on any atom is 0.256 e. The van der Waals surface area contributed by atoms with Gasteiger partial charge in [-0.3, -0.25) is 14.6 Å². The van der Waals surface area contributed by atoms with Crippen LogP contribution in [0, 0.1) is 0 Å². The van der Waals surface area contributed by atoms with Crippen LogP contribution < -0.4 is 11.1 Å². The van der Waals surface area contributed by atoms with Gasteiger partial charge in [0.1, 0.15) is 0 Å². The minimum absolute atomic E-state index is 0.127. The molecule has 0 radical (unpaired) electrons. The number of aromatic amines is 1. The number of amides is 2. The number of fused-ring (bicyclic) bond motifs is 2. The highest BCUT2D eigenvalue weighted by atomic mass is 16.5. The van der Waals surface area contributed by atoms with Crippen LogP contribution in [0.1, 0.15) is 40.5 Å².